The number of aromatic amines is 1. The highest BCUT2D eigenvalue weighted by atomic mass is 16.2. The van der Waals surface area contributed by atoms with Gasteiger partial charge >= 0.3 is 0 Å². The number of fused-ring (bicyclic) bond motifs is 2. The summed E-state index contributed by atoms with van der Waals surface area (Å²) in [6.07, 6.45) is 12.2. The first kappa shape index (κ1) is 21.7. The van der Waals surface area contributed by atoms with Crippen LogP contribution in [0.2, 0.25) is 0 Å². The number of H-pyrrole nitrogens is 1. The number of amides is 1. The molecule has 6 rings (SSSR count). The van der Waals surface area contributed by atoms with Gasteiger partial charge in [-0.05, 0) is 54.7 Å². The Bertz CT molecular complexity index is 1390. The molecule has 5 nitrogen and oxygen atoms in total. The van der Waals surface area contributed by atoms with Crippen LogP contribution in [0.25, 0.3) is 22.0 Å². The van der Waals surface area contributed by atoms with Crippen LogP contribution in [0, 0.1) is 0 Å². The predicted octanol–water partition coefficient (Wildman–Crippen LogP) is 5.29. The van der Waals surface area contributed by atoms with E-state index in [2.05, 4.69) is 69.9 Å². The van der Waals surface area contributed by atoms with E-state index in [1.54, 1.807) is 0 Å². The highest BCUT2D eigenvalue weighted by Gasteiger charge is 2.32. The Balaban J connectivity index is 1.11. The lowest BCUT2D eigenvalue weighted by atomic mass is 9.97. The van der Waals surface area contributed by atoms with E-state index in [0.29, 0.717) is 0 Å². The van der Waals surface area contributed by atoms with E-state index in [-0.39, 0.29) is 12.1 Å². The van der Waals surface area contributed by atoms with Crippen LogP contribution in [0.3, 0.4) is 0 Å². The summed E-state index contributed by atoms with van der Waals surface area (Å²) < 4.78 is 0. The van der Waals surface area contributed by atoms with Crippen molar-refractivity contribution >= 4 is 28.0 Å². The second-order valence-corrected chi connectivity index (χ2v) is 9.49. The molecule has 4 heterocycles. The Morgan fingerprint density at radius 2 is 1.89 bits per heavy atom. The van der Waals surface area contributed by atoms with Gasteiger partial charge in [0.2, 0.25) is 0 Å². The molecule has 3 aliphatic rings. The third-order valence-electron chi connectivity index (χ3n) is 7.38. The fraction of sp³-hybridized carbons (Fsp3) is 0.233. The monoisotopic (exact) mass is 462 g/mol. The summed E-state index contributed by atoms with van der Waals surface area (Å²) in [6, 6.07) is 18.8. The van der Waals surface area contributed by atoms with Crippen LogP contribution in [0.5, 0.6) is 0 Å². The molecular weight excluding hydrogens is 432 g/mol. The number of nitrogens with zero attached hydrogens (tertiary/aromatic N) is 2. The molecule has 3 aliphatic heterocycles. The van der Waals surface area contributed by atoms with Crippen molar-refractivity contribution in [2.75, 3.05) is 19.6 Å². The molecule has 0 spiro atoms. The number of rotatable bonds is 5. The summed E-state index contributed by atoms with van der Waals surface area (Å²) in [5.41, 5.74) is 8.08. The number of hydrogen-bond donors (Lipinski definition) is 2. The molecular formula is C30H30N4O. The van der Waals surface area contributed by atoms with Gasteiger partial charge in [-0.2, -0.15) is 0 Å². The summed E-state index contributed by atoms with van der Waals surface area (Å²) in [6.45, 7) is 4.84. The Morgan fingerprint density at radius 3 is 2.71 bits per heavy atom. The van der Waals surface area contributed by atoms with Gasteiger partial charge in [-0.3, -0.25) is 14.6 Å². The minimum atomic E-state index is -0.136. The number of nitrogens with one attached hydrogen (secondary N) is 2. The van der Waals surface area contributed by atoms with Crippen molar-refractivity contribution in [3.63, 3.8) is 0 Å². The molecule has 35 heavy (non-hydrogen) atoms. The number of allylic oxidation sites excluding steroid dienone is 3. The van der Waals surface area contributed by atoms with Crippen molar-refractivity contribution in [3.05, 3.63) is 108 Å². The minimum absolute atomic E-state index is 0.109. The summed E-state index contributed by atoms with van der Waals surface area (Å²) in [5, 5.41) is 4.84. The third kappa shape index (κ3) is 4.13. The average molecular weight is 463 g/mol. The first-order valence-corrected chi connectivity index (χ1v) is 12.4. The molecule has 0 bridgehead atoms. The van der Waals surface area contributed by atoms with Gasteiger partial charge in [-0.15, -0.1) is 0 Å². The van der Waals surface area contributed by atoms with E-state index in [4.69, 9.17) is 0 Å². The van der Waals surface area contributed by atoms with E-state index in [1.165, 1.54) is 22.0 Å². The van der Waals surface area contributed by atoms with Crippen LogP contribution < -0.4 is 5.32 Å². The highest BCUT2D eigenvalue weighted by molar-refractivity contribution is 5.97. The van der Waals surface area contributed by atoms with E-state index < -0.39 is 0 Å². The first-order valence-electron chi connectivity index (χ1n) is 12.4. The minimum Gasteiger partial charge on any atom is -0.365 e. The van der Waals surface area contributed by atoms with Crippen LogP contribution in [0.4, 0.5) is 0 Å². The molecule has 0 fully saturated rings. The Morgan fingerprint density at radius 1 is 1.06 bits per heavy atom. The van der Waals surface area contributed by atoms with Gasteiger partial charge in [0, 0.05) is 59.8 Å². The van der Waals surface area contributed by atoms with Crippen molar-refractivity contribution in [1.82, 2.24) is 20.1 Å². The molecule has 0 aliphatic carbocycles. The van der Waals surface area contributed by atoms with Gasteiger partial charge < -0.3 is 10.3 Å². The zero-order valence-corrected chi connectivity index (χ0v) is 20.0. The molecule has 1 aromatic heterocycles. The zero-order chi connectivity index (χ0) is 23.8. The van der Waals surface area contributed by atoms with Gasteiger partial charge in [0.25, 0.3) is 5.91 Å². The third-order valence-corrected chi connectivity index (χ3v) is 7.38. The smallest absolute Gasteiger partial charge is 0.257 e. The number of carbonyl (C=O) groups is 1. The summed E-state index contributed by atoms with van der Waals surface area (Å²) >= 11 is 0. The molecule has 1 amide bonds. The maximum atomic E-state index is 13.3. The summed E-state index contributed by atoms with van der Waals surface area (Å²) in [4.78, 5) is 21.0. The fourth-order valence-electron chi connectivity index (χ4n) is 5.37. The summed E-state index contributed by atoms with van der Waals surface area (Å²) in [7, 11) is 0. The lowest BCUT2D eigenvalue weighted by molar-refractivity contribution is -0.127. The maximum absolute atomic E-state index is 13.3. The molecule has 0 radical (unpaired) electrons. The number of hydrogen-bond acceptors (Lipinski definition) is 3. The van der Waals surface area contributed by atoms with Crippen LogP contribution >= 0.6 is 0 Å². The van der Waals surface area contributed by atoms with Crippen molar-refractivity contribution in [1.29, 1.82) is 0 Å². The van der Waals surface area contributed by atoms with Crippen LogP contribution in [0.1, 0.15) is 30.9 Å². The molecule has 1 atom stereocenters. The fourth-order valence-corrected chi connectivity index (χ4v) is 5.37. The lowest BCUT2D eigenvalue weighted by Gasteiger charge is -2.37. The highest BCUT2D eigenvalue weighted by Crippen LogP contribution is 2.30. The first-order chi connectivity index (χ1) is 17.2. The van der Waals surface area contributed by atoms with Gasteiger partial charge in [-0.25, -0.2) is 0 Å². The van der Waals surface area contributed by atoms with Crippen molar-refractivity contribution < 1.29 is 4.79 Å². The lowest BCUT2D eigenvalue weighted by Crippen LogP contribution is -2.50. The van der Waals surface area contributed by atoms with Gasteiger partial charge in [-0.1, -0.05) is 54.6 Å². The zero-order valence-electron chi connectivity index (χ0n) is 20.0. The Kier molecular flexibility index (Phi) is 5.63. The van der Waals surface area contributed by atoms with E-state index in [9.17, 15) is 4.79 Å². The van der Waals surface area contributed by atoms with Crippen LogP contribution in [0.15, 0.2) is 96.5 Å². The van der Waals surface area contributed by atoms with E-state index in [1.807, 2.05) is 42.3 Å². The Hall–Kier alpha value is -3.83. The molecule has 2 N–H and O–H groups in total. The van der Waals surface area contributed by atoms with Crippen molar-refractivity contribution in [2.45, 2.75) is 25.9 Å². The molecule has 176 valence electrons. The van der Waals surface area contributed by atoms with Gasteiger partial charge in [0.05, 0.1) is 0 Å². The molecule has 5 heteroatoms. The second-order valence-electron chi connectivity index (χ2n) is 9.49. The van der Waals surface area contributed by atoms with E-state index in [0.717, 1.165) is 54.9 Å². The maximum Gasteiger partial charge on any atom is 0.257 e. The summed E-state index contributed by atoms with van der Waals surface area (Å²) in [5.74, 6) is 0.109. The molecule has 0 saturated heterocycles. The normalized spacial score (nSPS) is 20.5. The van der Waals surface area contributed by atoms with Crippen molar-refractivity contribution in [2.24, 2.45) is 0 Å². The van der Waals surface area contributed by atoms with Crippen LogP contribution in [-0.4, -0.2) is 46.5 Å². The SMILES string of the molecule is CC1=C(CCN2CC=C(c3c[nH]c4ccccc34)CC2)C(=O)N2C=CC(c3ccccc3)=CC2N1. The standard InChI is InChI=1S/C30H30N4O/c1-21-25(30(35)34-18-13-24(19-29(34)32-21)22-7-3-2-4-8-22)14-17-33-15-11-23(12-16-33)27-20-31-28-10-6-5-9-26(27)28/h2-11,13,18-20,29,31-32H,12,14-17H2,1H3. The molecule has 3 aromatic rings. The van der Waals surface area contributed by atoms with Crippen LogP contribution in [-0.2, 0) is 4.79 Å². The largest absolute Gasteiger partial charge is 0.365 e. The number of para-hydroxylation sites is 1. The molecule has 1 unspecified atom stereocenters. The molecule has 0 saturated carbocycles. The van der Waals surface area contributed by atoms with Gasteiger partial charge in [0.15, 0.2) is 0 Å². The second kappa shape index (κ2) is 9.08. The number of benzene rings is 2. The van der Waals surface area contributed by atoms with E-state index >= 15 is 0 Å². The number of carbonyl (C=O) groups excluding carboxylic acids is 1. The molecule has 2 aromatic carbocycles. The predicted molar refractivity (Wildman–Crippen MR) is 142 cm³/mol. The number of aromatic nitrogens is 1. The van der Waals surface area contributed by atoms with Gasteiger partial charge in [0.1, 0.15) is 6.17 Å². The topological polar surface area (TPSA) is 51.4 Å². The average Bonchev–Trinajstić information content (AvgIpc) is 3.33. The Labute approximate surface area is 206 Å². The quantitative estimate of drug-likeness (QED) is 0.542. The van der Waals surface area contributed by atoms with Crippen molar-refractivity contribution in [3.8, 4) is 0 Å².